The monoisotopic (exact) mass is 239 g/mol. The highest BCUT2D eigenvalue weighted by Gasteiger charge is 2.34. The van der Waals surface area contributed by atoms with Gasteiger partial charge in [-0.3, -0.25) is 9.69 Å². The van der Waals surface area contributed by atoms with Crippen LogP contribution in [0, 0.1) is 0 Å². The third kappa shape index (κ3) is 3.42. The fraction of sp³-hybridized carbons (Fsp3) is 0.923. The molecule has 0 spiro atoms. The van der Waals surface area contributed by atoms with E-state index in [4.69, 9.17) is 0 Å². The van der Waals surface area contributed by atoms with E-state index in [1.54, 1.807) is 0 Å². The van der Waals surface area contributed by atoms with E-state index in [2.05, 4.69) is 22.0 Å². The molecule has 0 aliphatic carbocycles. The summed E-state index contributed by atoms with van der Waals surface area (Å²) in [4.78, 5) is 16.2. The molecule has 0 bridgehead atoms. The molecule has 17 heavy (non-hydrogen) atoms. The van der Waals surface area contributed by atoms with E-state index in [1.165, 1.54) is 19.4 Å². The van der Waals surface area contributed by atoms with Crippen molar-refractivity contribution in [1.82, 2.24) is 15.1 Å². The number of amides is 1. The Balaban J connectivity index is 1.62. The van der Waals surface area contributed by atoms with E-state index in [0.29, 0.717) is 11.9 Å². The smallest absolute Gasteiger partial charge is 0.222 e. The second-order valence-electron chi connectivity index (χ2n) is 5.18. The lowest BCUT2D eigenvalue weighted by Gasteiger charge is -2.37. The van der Waals surface area contributed by atoms with E-state index in [-0.39, 0.29) is 0 Å². The van der Waals surface area contributed by atoms with Crippen molar-refractivity contribution in [2.75, 3.05) is 39.3 Å². The van der Waals surface area contributed by atoms with Crippen LogP contribution >= 0.6 is 0 Å². The number of hydrogen-bond donors (Lipinski definition) is 1. The number of carbonyl (C=O) groups excluding carboxylic acids is 1. The lowest BCUT2D eigenvalue weighted by Crippen LogP contribution is -2.51. The molecule has 2 heterocycles. The third-order valence-electron chi connectivity index (χ3n) is 3.83. The number of hydrogen-bond acceptors (Lipinski definition) is 3. The van der Waals surface area contributed by atoms with Gasteiger partial charge in [0.25, 0.3) is 0 Å². The molecular weight excluding hydrogens is 214 g/mol. The Morgan fingerprint density at radius 1 is 1.35 bits per heavy atom. The summed E-state index contributed by atoms with van der Waals surface area (Å²) in [5, 5.41) is 3.44. The van der Waals surface area contributed by atoms with Gasteiger partial charge in [0.2, 0.25) is 5.91 Å². The van der Waals surface area contributed by atoms with Gasteiger partial charge in [0.05, 0.1) is 0 Å². The minimum Gasteiger partial charge on any atom is -0.337 e. The maximum atomic E-state index is 11.5. The van der Waals surface area contributed by atoms with Gasteiger partial charge in [-0.25, -0.2) is 0 Å². The number of nitrogens with zero attached hydrogens (tertiary/aromatic N) is 2. The zero-order chi connectivity index (χ0) is 12.1. The molecule has 2 rings (SSSR count). The van der Waals surface area contributed by atoms with Gasteiger partial charge >= 0.3 is 0 Å². The SMILES string of the molecule is CCCNCCCN1CCN2C(=O)CCC2C1. The van der Waals surface area contributed by atoms with Gasteiger partial charge < -0.3 is 10.2 Å². The second-order valence-corrected chi connectivity index (χ2v) is 5.18. The molecule has 1 amide bonds. The molecule has 0 saturated carbocycles. The van der Waals surface area contributed by atoms with Crippen LogP contribution in [0.1, 0.15) is 32.6 Å². The largest absolute Gasteiger partial charge is 0.337 e. The highest BCUT2D eigenvalue weighted by Crippen LogP contribution is 2.22. The molecular formula is C13H25N3O. The summed E-state index contributed by atoms with van der Waals surface area (Å²) >= 11 is 0. The summed E-state index contributed by atoms with van der Waals surface area (Å²) in [5.41, 5.74) is 0. The number of rotatable bonds is 6. The van der Waals surface area contributed by atoms with Crippen LogP contribution in [0.25, 0.3) is 0 Å². The molecule has 0 radical (unpaired) electrons. The second kappa shape index (κ2) is 6.36. The van der Waals surface area contributed by atoms with E-state index in [9.17, 15) is 4.79 Å². The average Bonchev–Trinajstić information content (AvgIpc) is 2.71. The zero-order valence-electron chi connectivity index (χ0n) is 11.0. The first-order valence-corrected chi connectivity index (χ1v) is 7.04. The van der Waals surface area contributed by atoms with Crippen LogP contribution in [0.4, 0.5) is 0 Å². The lowest BCUT2D eigenvalue weighted by atomic mass is 10.1. The van der Waals surface area contributed by atoms with Gasteiger partial charge in [-0.1, -0.05) is 6.92 Å². The minimum atomic E-state index is 0.374. The van der Waals surface area contributed by atoms with Crippen molar-refractivity contribution < 1.29 is 4.79 Å². The van der Waals surface area contributed by atoms with Gasteiger partial charge in [0, 0.05) is 32.1 Å². The highest BCUT2D eigenvalue weighted by molar-refractivity contribution is 5.78. The number of piperazine rings is 1. The van der Waals surface area contributed by atoms with E-state index in [1.807, 2.05) is 0 Å². The molecule has 4 nitrogen and oxygen atoms in total. The Hall–Kier alpha value is -0.610. The molecule has 1 unspecified atom stereocenters. The van der Waals surface area contributed by atoms with Crippen molar-refractivity contribution in [2.45, 2.75) is 38.6 Å². The van der Waals surface area contributed by atoms with Crippen LogP contribution in [0.3, 0.4) is 0 Å². The Kier molecular flexibility index (Phi) is 4.80. The summed E-state index contributed by atoms with van der Waals surface area (Å²) in [6.07, 6.45) is 4.28. The topological polar surface area (TPSA) is 35.6 Å². The number of carbonyl (C=O) groups is 1. The van der Waals surface area contributed by atoms with Crippen molar-refractivity contribution in [2.24, 2.45) is 0 Å². The normalized spacial score (nSPS) is 25.4. The summed E-state index contributed by atoms with van der Waals surface area (Å²) in [7, 11) is 0. The molecule has 1 atom stereocenters. The Labute approximate surface area is 104 Å². The maximum Gasteiger partial charge on any atom is 0.222 e. The van der Waals surface area contributed by atoms with Crippen molar-refractivity contribution >= 4 is 5.91 Å². The van der Waals surface area contributed by atoms with Gasteiger partial charge in [-0.2, -0.15) is 0 Å². The summed E-state index contributed by atoms with van der Waals surface area (Å²) in [6.45, 7) is 8.74. The standard InChI is InChI=1S/C13H25N3O/c1-2-6-14-7-3-8-15-9-10-16-12(11-15)4-5-13(16)17/h12,14H,2-11H2,1H3. The van der Waals surface area contributed by atoms with Gasteiger partial charge in [0.1, 0.15) is 0 Å². The van der Waals surface area contributed by atoms with Crippen LogP contribution < -0.4 is 5.32 Å². The van der Waals surface area contributed by atoms with Crippen molar-refractivity contribution in [1.29, 1.82) is 0 Å². The maximum absolute atomic E-state index is 11.5. The summed E-state index contributed by atoms with van der Waals surface area (Å²) < 4.78 is 0. The molecule has 2 saturated heterocycles. The van der Waals surface area contributed by atoms with Crippen LogP contribution in [0.2, 0.25) is 0 Å². The molecule has 0 aromatic heterocycles. The quantitative estimate of drug-likeness (QED) is 0.693. The first kappa shape index (κ1) is 12.8. The molecule has 0 aromatic carbocycles. The molecule has 1 N–H and O–H groups in total. The predicted octanol–water partition coefficient (Wildman–Crippen LogP) is 0.683. The van der Waals surface area contributed by atoms with Crippen LogP contribution in [0.5, 0.6) is 0 Å². The van der Waals surface area contributed by atoms with Gasteiger partial charge in [0.15, 0.2) is 0 Å². The summed E-state index contributed by atoms with van der Waals surface area (Å²) in [6, 6.07) is 0.514. The molecule has 4 heteroatoms. The summed E-state index contributed by atoms with van der Waals surface area (Å²) in [5.74, 6) is 0.374. The molecule has 2 aliphatic heterocycles. The van der Waals surface area contributed by atoms with Crippen LogP contribution in [-0.2, 0) is 4.79 Å². The van der Waals surface area contributed by atoms with Gasteiger partial charge in [-0.05, 0) is 38.9 Å². The van der Waals surface area contributed by atoms with Crippen molar-refractivity contribution in [3.63, 3.8) is 0 Å². The molecule has 2 fully saturated rings. The fourth-order valence-electron chi connectivity index (χ4n) is 2.86. The Morgan fingerprint density at radius 3 is 3.06 bits per heavy atom. The lowest BCUT2D eigenvalue weighted by molar-refractivity contribution is -0.130. The zero-order valence-corrected chi connectivity index (χ0v) is 11.0. The van der Waals surface area contributed by atoms with E-state index >= 15 is 0 Å². The van der Waals surface area contributed by atoms with Crippen molar-refractivity contribution in [3.05, 3.63) is 0 Å². The minimum absolute atomic E-state index is 0.374. The van der Waals surface area contributed by atoms with Crippen LogP contribution in [-0.4, -0.2) is 61.0 Å². The molecule has 2 aliphatic rings. The van der Waals surface area contributed by atoms with E-state index < -0.39 is 0 Å². The first-order valence-electron chi connectivity index (χ1n) is 7.04. The Bertz CT molecular complexity index is 257. The first-order chi connectivity index (χ1) is 8.31. The molecule has 0 aromatic rings. The average molecular weight is 239 g/mol. The van der Waals surface area contributed by atoms with E-state index in [0.717, 1.165) is 45.6 Å². The van der Waals surface area contributed by atoms with Crippen molar-refractivity contribution in [3.8, 4) is 0 Å². The van der Waals surface area contributed by atoms with Gasteiger partial charge in [-0.15, -0.1) is 0 Å². The molecule has 98 valence electrons. The fourth-order valence-corrected chi connectivity index (χ4v) is 2.86. The third-order valence-corrected chi connectivity index (χ3v) is 3.83. The highest BCUT2D eigenvalue weighted by atomic mass is 16.2. The predicted molar refractivity (Wildman–Crippen MR) is 69.0 cm³/mol. The Morgan fingerprint density at radius 2 is 2.24 bits per heavy atom. The number of fused-ring (bicyclic) bond motifs is 1. The van der Waals surface area contributed by atoms with Crippen LogP contribution in [0.15, 0.2) is 0 Å². The number of nitrogens with one attached hydrogen (secondary N) is 1.